The van der Waals surface area contributed by atoms with E-state index in [0.717, 1.165) is 36.4 Å². The third-order valence-corrected chi connectivity index (χ3v) is 4.33. The largest absolute Gasteiger partial charge is 0.411 e. The smallest absolute Gasteiger partial charge is 0.398 e. The maximum Gasteiger partial charge on any atom is 0.411 e. The van der Waals surface area contributed by atoms with Crippen molar-refractivity contribution < 1.29 is 26.3 Å². The van der Waals surface area contributed by atoms with E-state index in [9.17, 15) is 26.3 Å². The van der Waals surface area contributed by atoms with Crippen molar-refractivity contribution in [2.75, 3.05) is 11.5 Å². The molecule has 27 heavy (non-hydrogen) atoms. The Balaban J connectivity index is 3.01. The minimum absolute atomic E-state index is 0.0103. The van der Waals surface area contributed by atoms with Gasteiger partial charge >= 0.3 is 12.4 Å². The number of hydrogen-bond acceptors (Lipinski definition) is 2. The normalized spacial score (nSPS) is 12.7. The number of benzene rings is 2. The summed E-state index contributed by atoms with van der Waals surface area (Å²) in [5.74, 6) is 0. The molecule has 0 amide bonds. The second-order valence-electron chi connectivity index (χ2n) is 5.84. The Morgan fingerprint density at radius 1 is 0.667 bits per heavy atom. The molecule has 0 fully saturated rings. The molecule has 0 aliphatic carbocycles. The van der Waals surface area contributed by atoms with Crippen LogP contribution in [0.15, 0.2) is 49.6 Å². The van der Waals surface area contributed by atoms with Gasteiger partial charge < -0.3 is 11.5 Å². The van der Waals surface area contributed by atoms with Crippen LogP contribution >= 0.6 is 0 Å². The first-order valence-electron chi connectivity index (χ1n) is 7.58. The Labute approximate surface area is 151 Å². The molecular weight excluding hydrogens is 370 g/mol. The van der Waals surface area contributed by atoms with E-state index in [1.807, 2.05) is 0 Å². The molecule has 0 radical (unpaired) electrons. The van der Waals surface area contributed by atoms with Crippen molar-refractivity contribution in [1.29, 1.82) is 0 Å². The van der Waals surface area contributed by atoms with Gasteiger partial charge in [0.25, 0.3) is 0 Å². The monoisotopic (exact) mass is 386 g/mol. The molecule has 0 aliphatic heterocycles. The molecule has 4 N–H and O–H groups in total. The number of alkyl halides is 6. The Kier molecular flexibility index (Phi) is 5.05. The second kappa shape index (κ2) is 6.68. The number of nitrogen functional groups attached to an aromatic ring is 2. The van der Waals surface area contributed by atoms with E-state index in [0.29, 0.717) is 12.1 Å². The van der Waals surface area contributed by atoms with Crippen LogP contribution in [-0.2, 0) is 5.41 Å². The van der Waals surface area contributed by atoms with E-state index in [-0.39, 0.29) is 22.5 Å². The molecule has 0 aromatic heterocycles. The molecule has 0 unspecified atom stereocenters. The zero-order valence-electron chi connectivity index (χ0n) is 14.0. The summed E-state index contributed by atoms with van der Waals surface area (Å²) in [6, 6.07) is 4.90. The zero-order chi connectivity index (χ0) is 20.6. The van der Waals surface area contributed by atoms with Crippen LogP contribution in [0.5, 0.6) is 0 Å². The van der Waals surface area contributed by atoms with Crippen LogP contribution < -0.4 is 11.5 Å². The lowest BCUT2D eigenvalue weighted by atomic mass is 9.72. The predicted molar refractivity (Wildman–Crippen MR) is 94.8 cm³/mol. The van der Waals surface area contributed by atoms with Crippen LogP contribution in [0.3, 0.4) is 0 Å². The highest BCUT2D eigenvalue weighted by atomic mass is 19.4. The van der Waals surface area contributed by atoms with E-state index in [2.05, 4.69) is 13.2 Å². The average molecular weight is 386 g/mol. The number of anilines is 2. The summed E-state index contributed by atoms with van der Waals surface area (Å²) in [6.45, 7) is 6.76. The lowest BCUT2D eigenvalue weighted by molar-refractivity contribution is -0.288. The highest BCUT2D eigenvalue weighted by Crippen LogP contribution is 2.56. The zero-order valence-corrected chi connectivity index (χ0v) is 14.0. The first-order chi connectivity index (χ1) is 12.4. The summed E-state index contributed by atoms with van der Waals surface area (Å²) >= 11 is 0. The third kappa shape index (κ3) is 3.15. The summed E-state index contributed by atoms with van der Waals surface area (Å²) in [7, 11) is 0. The fraction of sp³-hybridized carbons (Fsp3) is 0.158. The Hall–Kier alpha value is -2.90. The van der Waals surface area contributed by atoms with E-state index >= 15 is 0 Å². The molecule has 0 heterocycles. The molecule has 2 nitrogen and oxygen atoms in total. The van der Waals surface area contributed by atoms with Gasteiger partial charge in [-0.15, -0.1) is 0 Å². The molecule has 0 bridgehead atoms. The number of nitrogens with two attached hydrogens (primary N) is 2. The fourth-order valence-corrected chi connectivity index (χ4v) is 2.95. The molecule has 0 saturated carbocycles. The first-order valence-corrected chi connectivity index (χ1v) is 7.58. The molecule has 8 heteroatoms. The van der Waals surface area contributed by atoms with Gasteiger partial charge in [0.15, 0.2) is 0 Å². The van der Waals surface area contributed by atoms with Crippen molar-refractivity contribution in [2.45, 2.75) is 17.8 Å². The first kappa shape index (κ1) is 20.4. The van der Waals surface area contributed by atoms with E-state index in [1.54, 1.807) is 0 Å². The molecule has 0 atom stereocenters. The maximum absolute atomic E-state index is 14.1. The van der Waals surface area contributed by atoms with Gasteiger partial charge in [0, 0.05) is 11.4 Å². The number of halogens is 6. The predicted octanol–water partition coefficient (Wildman–Crippen LogP) is 5.55. The van der Waals surface area contributed by atoms with Crippen LogP contribution in [0.4, 0.5) is 37.7 Å². The molecule has 2 aromatic rings. The molecule has 0 saturated heterocycles. The van der Waals surface area contributed by atoms with Crippen LogP contribution in [0.1, 0.15) is 22.3 Å². The Morgan fingerprint density at radius 2 is 1.00 bits per heavy atom. The molecule has 0 aliphatic rings. The molecule has 144 valence electrons. The van der Waals surface area contributed by atoms with Gasteiger partial charge in [-0.2, -0.15) is 26.3 Å². The topological polar surface area (TPSA) is 52.0 Å². The highest BCUT2D eigenvalue weighted by molar-refractivity contribution is 5.68. The van der Waals surface area contributed by atoms with Gasteiger partial charge in [0.2, 0.25) is 5.41 Å². The van der Waals surface area contributed by atoms with Gasteiger partial charge in [-0.05, 0) is 46.5 Å². The summed E-state index contributed by atoms with van der Waals surface area (Å²) in [5.41, 5.74) is 4.83. The van der Waals surface area contributed by atoms with Crippen LogP contribution in [0.25, 0.3) is 12.2 Å². The maximum atomic E-state index is 14.1. The summed E-state index contributed by atoms with van der Waals surface area (Å²) in [4.78, 5) is 0. The lowest BCUT2D eigenvalue weighted by Crippen LogP contribution is -2.54. The summed E-state index contributed by atoms with van der Waals surface area (Å²) < 4.78 is 84.5. The molecule has 2 rings (SSSR count). The molecule has 2 aromatic carbocycles. The Morgan fingerprint density at radius 3 is 1.26 bits per heavy atom. The highest BCUT2D eigenvalue weighted by Gasteiger charge is 2.72. The van der Waals surface area contributed by atoms with Crippen molar-refractivity contribution >= 4 is 23.5 Å². The number of hydrogen-bond donors (Lipinski definition) is 2. The van der Waals surface area contributed by atoms with E-state index in [1.165, 1.54) is 0 Å². The lowest BCUT2D eigenvalue weighted by Gasteiger charge is -2.38. The molecular formula is C19H16F6N2. The summed E-state index contributed by atoms with van der Waals surface area (Å²) in [5, 5.41) is 0. The average Bonchev–Trinajstić information content (AvgIpc) is 2.55. The van der Waals surface area contributed by atoms with Crippen molar-refractivity contribution in [2.24, 2.45) is 0 Å². The standard InChI is InChI=1S/C19H16F6N2/c1-3-11-9-13(5-7-15(11)26)17(18(20,21)22,19(23,24)25)14-6-8-16(27)12(4-2)10-14/h3-10H,1-2,26-27H2. The van der Waals surface area contributed by atoms with Crippen LogP contribution in [-0.4, -0.2) is 12.4 Å². The molecule has 0 spiro atoms. The number of rotatable bonds is 4. The van der Waals surface area contributed by atoms with E-state index < -0.39 is 28.9 Å². The van der Waals surface area contributed by atoms with Gasteiger partial charge in [0.05, 0.1) is 0 Å². The SMILES string of the molecule is C=Cc1cc(C(c2ccc(N)c(C=C)c2)(C(F)(F)F)C(F)(F)F)ccc1N. The van der Waals surface area contributed by atoms with Gasteiger partial charge in [-0.1, -0.05) is 37.4 Å². The van der Waals surface area contributed by atoms with Crippen molar-refractivity contribution in [1.82, 2.24) is 0 Å². The minimum Gasteiger partial charge on any atom is -0.398 e. The van der Waals surface area contributed by atoms with Crippen molar-refractivity contribution in [3.63, 3.8) is 0 Å². The summed E-state index contributed by atoms with van der Waals surface area (Å²) in [6.07, 6.45) is -9.22. The quantitative estimate of drug-likeness (QED) is 0.535. The van der Waals surface area contributed by atoms with Gasteiger partial charge in [0.1, 0.15) is 0 Å². The van der Waals surface area contributed by atoms with E-state index in [4.69, 9.17) is 11.5 Å². The van der Waals surface area contributed by atoms with Gasteiger partial charge in [-0.25, -0.2) is 0 Å². The van der Waals surface area contributed by atoms with Crippen molar-refractivity contribution in [3.05, 3.63) is 71.8 Å². The second-order valence-corrected chi connectivity index (χ2v) is 5.84. The van der Waals surface area contributed by atoms with Gasteiger partial charge in [-0.3, -0.25) is 0 Å². The van der Waals surface area contributed by atoms with Crippen LogP contribution in [0.2, 0.25) is 0 Å². The fourth-order valence-electron chi connectivity index (χ4n) is 2.95. The minimum atomic E-state index is -5.70. The van der Waals surface area contributed by atoms with Crippen molar-refractivity contribution in [3.8, 4) is 0 Å². The Bertz CT molecular complexity index is 807. The van der Waals surface area contributed by atoms with Crippen LogP contribution in [0, 0.1) is 0 Å². The third-order valence-electron chi connectivity index (χ3n) is 4.33.